The predicted molar refractivity (Wildman–Crippen MR) is 73.7 cm³/mol. The summed E-state index contributed by atoms with van der Waals surface area (Å²) in [6, 6.07) is 5.61. The molecular formula is C15H19NO3. The molecule has 0 aromatic heterocycles. The van der Waals surface area contributed by atoms with Crippen LogP contribution in [0.2, 0.25) is 0 Å². The molecule has 4 heteroatoms. The van der Waals surface area contributed by atoms with Gasteiger partial charge < -0.3 is 14.8 Å². The van der Waals surface area contributed by atoms with Crippen LogP contribution in [0.25, 0.3) is 0 Å². The van der Waals surface area contributed by atoms with Crippen LogP contribution in [-0.2, 0) is 6.42 Å². The lowest BCUT2D eigenvalue weighted by Crippen LogP contribution is -2.33. The number of carbonyl (C=O) groups excluding carboxylic acids is 1. The van der Waals surface area contributed by atoms with E-state index in [9.17, 15) is 4.79 Å². The second kappa shape index (κ2) is 5.34. The van der Waals surface area contributed by atoms with Crippen LogP contribution in [0.4, 0.5) is 4.79 Å². The molecule has 0 spiro atoms. The quantitative estimate of drug-likeness (QED) is 0.851. The Morgan fingerprint density at radius 1 is 1.58 bits per heavy atom. The third kappa shape index (κ3) is 3.28. The topological polar surface area (TPSA) is 47.6 Å². The molecule has 0 atom stereocenters. The highest BCUT2D eigenvalue weighted by Gasteiger charge is 2.29. The van der Waals surface area contributed by atoms with Gasteiger partial charge in [0.05, 0.1) is 0 Å². The number of carbonyl (C=O) groups is 1. The molecule has 0 aliphatic carbocycles. The van der Waals surface area contributed by atoms with E-state index in [0.717, 1.165) is 18.4 Å². The Bertz CT molecular complexity index is 494. The van der Waals surface area contributed by atoms with Gasteiger partial charge in [-0.15, -0.1) is 6.58 Å². The van der Waals surface area contributed by atoms with E-state index in [2.05, 4.69) is 11.9 Å². The van der Waals surface area contributed by atoms with Gasteiger partial charge in [-0.3, -0.25) is 0 Å². The molecule has 0 radical (unpaired) electrons. The Hall–Kier alpha value is -1.97. The number of rotatable bonds is 3. The predicted octanol–water partition coefficient (Wildman–Crippen LogP) is 3.06. The summed E-state index contributed by atoms with van der Waals surface area (Å²) >= 11 is 0. The summed E-state index contributed by atoms with van der Waals surface area (Å²) in [4.78, 5) is 11.6. The SMILES string of the molecule is C=CCNC(=O)Oc1cccc2c1OC(C)(C)CC2. The van der Waals surface area contributed by atoms with Gasteiger partial charge in [0, 0.05) is 6.54 Å². The lowest BCUT2D eigenvalue weighted by Gasteiger charge is -2.33. The van der Waals surface area contributed by atoms with Crippen molar-refractivity contribution in [3.05, 3.63) is 36.4 Å². The molecule has 1 aromatic rings. The second-order valence-electron chi connectivity index (χ2n) is 5.17. The molecule has 1 aliphatic heterocycles. The van der Waals surface area contributed by atoms with E-state index in [4.69, 9.17) is 9.47 Å². The number of para-hydroxylation sites is 1. The van der Waals surface area contributed by atoms with Crippen molar-refractivity contribution < 1.29 is 14.3 Å². The zero-order valence-corrected chi connectivity index (χ0v) is 11.4. The Labute approximate surface area is 113 Å². The van der Waals surface area contributed by atoms with Gasteiger partial charge >= 0.3 is 6.09 Å². The van der Waals surface area contributed by atoms with E-state index in [1.165, 1.54) is 0 Å². The Kier molecular flexibility index (Phi) is 3.79. The van der Waals surface area contributed by atoms with Gasteiger partial charge in [-0.2, -0.15) is 0 Å². The summed E-state index contributed by atoms with van der Waals surface area (Å²) in [5.41, 5.74) is 0.845. The average molecular weight is 261 g/mol. The van der Waals surface area contributed by atoms with E-state index in [1.54, 1.807) is 12.1 Å². The number of aryl methyl sites for hydroxylation is 1. The monoisotopic (exact) mass is 261 g/mol. The number of nitrogens with one attached hydrogen (secondary N) is 1. The first-order chi connectivity index (χ1) is 9.02. The zero-order valence-electron chi connectivity index (χ0n) is 11.4. The molecule has 1 aromatic carbocycles. The normalized spacial score (nSPS) is 15.9. The molecule has 19 heavy (non-hydrogen) atoms. The van der Waals surface area contributed by atoms with Crippen molar-refractivity contribution in [3.8, 4) is 11.5 Å². The smallest absolute Gasteiger partial charge is 0.412 e. The maximum atomic E-state index is 11.6. The first kappa shape index (κ1) is 13.5. The number of fused-ring (bicyclic) bond motifs is 1. The molecule has 4 nitrogen and oxygen atoms in total. The van der Waals surface area contributed by atoms with Gasteiger partial charge in [0.25, 0.3) is 0 Å². The number of hydrogen-bond donors (Lipinski definition) is 1. The number of amides is 1. The molecule has 1 N–H and O–H groups in total. The average Bonchev–Trinajstić information content (AvgIpc) is 2.36. The van der Waals surface area contributed by atoms with Gasteiger partial charge in [-0.1, -0.05) is 18.2 Å². The van der Waals surface area contributed by atoms with Crippen LogP contribution in [0.1, 0.15) is 25.8 Å². The maximum absolute atomic E-state index is 11.6. The van der Waals surface area contributed by atoms with Crippen LogP contribution in [0, 0.1) is 0 Å². The third-order valence-corrected chi connectivity index (χ3v) is 3.03. The molecule has 102 valence electrons. The van der Waals surface area contributed by atoms with Crippen LogP contribution >= 0.6 is 0 Å². The van der Waals surface area contributed by atoms with Crippen molar-refractivity contribution in [2.75, 3.05) is 6.54 Å². The van der Waals surface area contributed by atoms with E-state index in [1.807, 2.05) is 26.0 Å². The van der Waals surface area contributed by atoms with Crippen molar-refractivity contribution in [3.63, 3.8) is 0 Å². The molecular weight excluding hydrogens is 242 g/mol. The van der Waals surface area contributed by atoms with Crippen LogP contribution in [0.15, 0.2) is 30.9 Å². The fraction of sp³-hybridized carbons (Fsp3) is 0.400. The molecule has 0 unspecified atom stereocenters. The van der Waals surface area contributed by atoms with Crippen LogP contribution < -0.4 is 14.8 Å². The maximum Gasteiger partial charge on any atom is 0.412 e. The number of benzene rings is 1. The Morgan fingerprint density at radius 2 is 2.37 bits per heavy atom. The zero-order chi connectivity index (χ0) is 13.9. The molecule has 0 saturated carbocycles. The van der Waals surface area contributed by atoms with E-state index >= 15 is 0 Å². The van der Waals surface area contributed by atoms with Gasteiger partial charge in [0.15, 0.2) is 11.5 Å². The summed E-state index contributed by atoms with van der Waals surface area (Å²) in [5, 5.41) is 2.57. The van der Waals surface area contributed by atoms with Gasteiger partial charge in [-0.25, -0.2) is 4.79 Å². The highest BCUT2D eigenvalue weighted by molar-refractivity contribution is 5.72. The van der Waals surface area contributed by atoms with Crippen LogP contribution in [0.5, 0.6) is 11.5 Å². The standard InChI is InChI=1S/C15H19NO3/c1-4-10-16-14(17)18-12-7-5-6-11-8-9-15(2,3)19-13(11)12/h4-7H,1,8-10H2,2-3H3,(H,16,17). The van der Waals surface area contributed by atoms with Crippen molar-refractivity contribution in [2.24, 2.45) is 0 Å². The summed E-state index contributed by atoms with van der Waals surface area (Å²) in [6.45, 7) is 7.97. The fourth-order valence-electron chi connectivity index (χ4n) is 2.01. The van der Waals surface area contributed by atoms with E-state index < -0.39 is 6.09 Å². The Morgan fingerprint density at radius 3 is 3.11 bits per heavy atom. The first-order valence-corrected chi connectivity index (χ1v) is 6.39. The van der Waals surface area contributed by atoms with Crippen LogP contribution in [-0.4, -0.2) is 18.2 Å². The van der Waals surface area contributed by atoms with Crippen molar-refractivity contribution >= 4 is 6.09 Å². The highest BCUT2D eigenvalue weighted by atomic mass is 16.6. The molecule has 2 rings (SSSR count). The van der Waals surface area contributed by atoms with E-state index in [-0.39, 0.29) is 5.60 Å². The largest absolute Gasteiger partial charge is 0.484 e. The summed E-state index contributed by atoms with van der Waals surface area (Å²) < 4.78 is 11.2. The molecule has 0 fully saturated rings. The van der Waals surface area contributed by atoms with Gasteiger partial charge in [0.1, 0.15) is 5.60 Å². The van der Waals surface area contributed by atoms with Gasteiger partial charge in [-0.05, 0) is 38.3 Å². The van der Waals surface area contributed by atoms with E-state index in [0.29, 0.717) is 18.0 Å². The molecule has 0 bridgehead atoms. The molecule has 1 amide bonds. The van der Waals surface area contributed by atoms with Gasteiger partial charge in [0.2, 0.25) is 0 Å². The summed E-state index contributed by atoms with van der Waals surface area (Å²) in [7, 11) is 0. The molecule has 1 heterocycles. The second-order valence-corrected chi connectivity index (χ2v) is 5.17. The minimum atomic E-state index is -0.500. The van der Waals surface area contributed by atoms with Crippen molar-refractivity contribution in [2.45, 2.75) is 32.3 Å². The number of ether oxygens (including phenoxy) is 2. The third-order valence-electron chi connectivity index (χ3n) is 3.03. The summed E-state index contributed by atoms with van der Waals surface area (Å²) in [5.74, 6) is 1.14. The lowest BCUT2D eigenvalue weighted by atomic mass is 9.94. The van der Waals surface area contributed by atoms with Crippen molar-refractivity contribution in [1.82, 2.24) is 5.32 Å². The highest BCUT2D eigenvalue weighted by Crippen LogP contribution is 2.39. The lowest BCUT2D eigenvalue weighted by molar-refractivity contribution is 0.0804. The first-order valence-electron chi connectivity index (χ1n) is 6.39. The molecule has 0 saturated heterocycles. The summed E-state index contributed by atoms with van der Waals surface area (Å²) in [6.07, 6.45) is 2.97. The molecule has 1 aliphatic rings. The minimum Gasteiger partial charge on any atom is -0.484 e. The minimum absolute atomic E-state index is 0.232. The fourth-order valence-corrected chi connectivity index (χ4v) is 2.01. The van der Waals surface area contributed by atoms with Crippen LogP contribution in [0.3, 0.4) is 0 Å². The van der Waals surface area contributed by atoms with Crippen molar-refractivity contribution in [1.29, 1.82) is 0 Å². The number of hydrogen-bond acceptors (Lipinski definition) is 3. The Balaban J connectivity index is 2.18.